The van der Waals surface area contributed by atoms with E-state index in [0.717, 1.165) is 17.9 Å². The maximum absolute atomic E-state index is 13.7. The Morgan fingerprint density at radius 2 is 2.04 bits per heavy atom. The first-order valence-electron chi connectivity index (χ1n) is 8.92. The van der Waals surface area contributed by atoms with Crippen molar-refractivity contribution >= 4 is 29.9 Å². The molecule has 0 bridgehead atoms. The lowest BCUT2D eigenvalue weighted by atomic mass is 10.1. The number of nitrogens with zero attached hydrogens (tertiary/aromatic N) is 2. The van der Waals surface area contributed by atoms with Crippen LogP contribution in [0.3, 0.4) is 0 Å². The van der Waals surface area contributed by atoms with Crippen molar-refractivity contribution in [2.75, 3.05) is 13.7 Å². The molecule has 0 spiro atoms. The number of aryl methyl sites for hydroxylation is 1. The van der Waals surface area contributed by atoms with Gasteiger partial charge in [0.05, 0.1) is 18.8 Å². The fourth-order valence-corrected chi connectivity index (χ4v) is 2.55. The Labute approximate surface area is 176 Å². The quantitative estimate of drug-likeness (QED) is 0.357. The molecule has 1 heterocycles. The number of benzene rings is 1. The maximum Gasteiger partial charge on any atom is 0.191 e. The number of pyridine rings is 1. The molecule has 0 amide bonds. The highest BCUT2D eigenvalue weighted by Gasteiger charge is 2.22. The van der Waals surface area contributed by atoms with Gasteiger partial charge < -0.3 is 15.4 Å². The molecular weight excluding hydrogens is 458 g/mol. The van der Waals surface area contributed by atoms with Crippen molar-refractivity contribution < 1.29 is 9.13 Å². The largest absolute Gasteiger partial charge is 0.493 e. The standard InChI is InChI=1S/C20H25FN4O.HI/c1-14-5-8-16(19(10-14)26-13-15-6-7-15)11-24-20(22-2)25-12-18-17(21)4-3-9-23-18;/h3-5,8-10,15H,6-7,11-13H2,1-2H3,(H2,22,24,25);1H. The van der Waals surface area contributed by atoms with Gasteiger partial charge in [-0.2, -0.15) is 0 Å². The summed E-state index contributed by atoms with van der Waals surface area (Å²) in [5, 5.41) is 6.33. The predicted octanol–water partition coefficient (Wildman–Crippen LogP) is 3.80. The SMILES string of the molecule is CN=C(NCc1ccc(C)cc1OCC1CC1)NCc1ncccc1F.I. The minimum atomic E-state index is -0.329. The van der Waals surface area contributed by atoms with Gasteiger partial charge in [-0.1, -0.05) is 12.1 Å². The third-order valence-electron chi connectivity index (χ3n) is 4.32. The van der Waals surface area contributed by atoms with Gasteiger partial charge >= 0.3 is 0 Å². The average molecular weight is 484 g/mol. The van der Waals surface area contributed by atoms with E-state index in [9.17, 15) is 4.39 Å². The van der Waals surface area contributed by atoms with Gasteiger partial charge in [0, 0.05) is 25.4 Å². The van der Waals surface area contributed by atoms with Crippen LogP contribution in [0.25, 0.3) is 0 Å². The molecule has 5 nitrogen and oxygen atoms in total. The van der Waals surface area contributed by atoms with Crippen LogP contribution in [0.2, 0.25) is 0 Å². The van der Waals surface area contributed by atoms with Gasteiger partial charge in [0.1, 0.15) is 11.6 Å². The number of guanidine groups is 1. The zero-order valence-corrected chi connectivity index (χ0v) is 18.0. The third kappa shape index (κ3) is 6.64. The Morgan fingerprint density at radius 3 is 2.74 bits per heavy atom. The van der Waals surface area contributed by atoms with E-state index in [1.54, 1.807) is 19.3 Å². The average Bonchev–Trinajstić information content (AvgIpc) is 3.47. The molecule has 1 aliphatic rings. The number of aliphatic imine (C=N–C) groups is 1. The van der Waals surface area contributed by atoms with Crippen LogP contribution in [0.5, 0.6) is 5.75 Å². The molecule has 0 radical (unpaired) electrons. The van der Waals surface area contributed by atoms with Crippen LogP contribution in [-0.2, 0) is 13.1 Å². The van der Waals surface area contributed by atoms with Crippen LogP contribution < -0.4 is 15.4 Å². The van der Waals surface area contributed by atoms with E-state index < -0.39 is 0 Å². The van der Waals surface area contributed by atoms with Crippen molar-refractivity contribution in [2.24, 2.45) is 10.9 Å². The van der Waals surface area contributed by atoms with E-state index in [0.29, 0.717) is 24.1 Å². The van der Waals surface area contributed by atoms with E-state index in [1.165, 1.54) is 24.5 Å². The Bertz CT molecular complexity index is 780. The molecule has 1 aromatic carbocycles. The van der Waals surface area contributed by atoms with Gasteiger partial charge in [0.15, 0.2) is 5.96 Å². The van der Waals surface area contributed by atoms with Crippen molar-refractivity contribution in [2.45, 2.75) is 32.9 Å². The van der Waals surface area contributed by atoms with Gasteiger partial charge in [-0.25, -0.2) is 4.39 Å². The number of rotatable bonds is 7. The van der Waals surface area contributed by atoms with Gasteiger partial charge in [-0.15, -0.1) is 24.0 Å². The molecule has 1 saturated carbocycles. The number of ether oxygens (including phenoxy) is 1. The second kappa shape index (κ2) is 10.4. The summed E-state index contributed by atoms with van der Waals surface area (Å²) in [6, 6.07) is 9.18. The van der Waals surface area contributed by atoms with Crippen molar-refractivity contribution in [1.82, 2.24) is 15.6 Å². The third-order valence-corrected chi connectivity index (χ3v) is 4.32. The molecule has 7 heteroatoms. The zero-order valence-electron chi connectivity index (χ0n) is 15.7. The van der Waals surface area contributed by atoms with Crippen LogP contribution >= 0.6 is 24.0 Å². The maximum atomic E-state index is 13.7. The number of halogens is 2. The van der Waals surface area contributed by atoms with Crippen LogP contribution in [0.15, 0.2) is 41.5 Å². The lowest BCUT2D eigenvalue weighted by Gasteiger charge is -2.15. The summed E-state index contributed by atoms with van der Waals surface area (Å²) >= 11 is 0. The molecular formula is C20H26FIN4O. The smallest absolute Gasteiger partial charge is 0.191 e. The Kier molecular flexibility index (Phi) is 8.27. The minimum Gasteiger partial charge on any atom is -0.493 e. The highest BCUT2D eigenvalue weighted by atomic mass is 127. The van der Waals surface area contributed by atoms with Crippen molar-refractivity contribution in [1.29, 1.82) is 0 Å². The van der Waals surface area contributed by atoms with E-state index in [2.05, 4.69) is 45.7 Å². The van der Waals surface area contributed by atoms with Crippen molar-refractivity contribution in [3.8, 4) is 5.75 Å². The molecule has 1 aromatic heterocycles. The van der Waals surface area contributed by atoms with E-state index in [-0.39, 0.29) is 36.3 Å². The van der Waals surface area contributed by atoms with Gasteiger partial charge in [-0.3, -0.25) is 9.98 Å². The molecule has 146 valence electrons. The van der Waals surface area contributed by atoms with Crippen LogP contribution in [0.1, 0.15) is 29.7 Å². The Balaban J connectivity index is 0.00000261. The molecule has 0 aliphatic heterocycles. The van der Waals surface area contributed by atoms with Crippen LogP contribution in [0.4, 0.5) is 4.39 Å². The van der Waals surface area contributed by atoms with Gasteiger partial charge in [0.2, 0.25) is 0 Å². The number of hydrogen-bond donors (Lipinski definition) is 2. The first-order chi connectivity index (χ1) is 12.7. The number of hydrogen-bond acceptors (Lipinski definition) is 3. The molecule has 0 saturated heterocycles. The first kappa shape index (κ1) is 21.4. The fourth-order valence-electron chi connectivity index (χ4n) is 2.55. The molecule has 27 heavy (non-hydrogen) atoms. The van der Waals surface area contributed by atoms with Crippen LogP contribution in [0, 0.1) is 18.7 Å². The normalized spacial score (nSPS) is 13.7. The minimum absolute atomic E-state index is 0. The summed E-state index contributed by atoms with van der Waals surface area (Å²) in [4.78, 5) is 8.22. The highest BCUT2D eigenvalue weighted by Crippen LogP contribution is 2.30. The summed E-state index contributed by atoms with van der Waals surface area (Å²) in [6.45, 7) is 3.68. The van der Waals surface area contributed by atoms with Gasteiger partial charge in [0.25, 0.3) is 0 Å². The molecule has 0 atom stereocenters. The molecule has 1 aliphatic carbocycles. The van der Waals surface area contributed by atoms with E-state index >= 15 is 0 Å². The molecule has 2 aromatic rings. The van der Waals surface area contributed by atoms with Crippen molar-refractivity contribution in [3.63, 3.8) is 0 Å². The van der Waals surface area contributed by atoms with Gasteiger partial charge in [-0.05, 0) is 49.4 Å². The van der Waals surface area contributed by atoms with Crippen LogP contribution in [-0.4, -0.2) is 24.6 Å². The predicted molar refractivity (Wildman–Crippen MR) is 116 cm³/mol. The summed E-state index contributed by atoms with van der Waals surface area (Å²) in [5.74, 6) is 1.88. The Morgan fingerprint density at radius 1 is 1.26 bits per heavy atom. The first-order valence-corrected chi connectivity index (χ1v) is 8.92. The lowest BCUT2D eigenvalue weighted by molar-refractivity contribution is 0.296. The monoisotopic (exact) mass is 484 g/mol. The molecule has 3 rings (SSSR count). The summed E-state index contributed by atoms with van der Waals surface area (Å²) in [6.07, 6.45) is 4.10. The zero-order chi connectivity index (χ0) is 18.4. The fraction of sp³-hybridized carbons (Fsp3) is 0.400. The molecule has 0 unspecified atom stereocenters. The van der Waals surface area contributed by atoms with E-state index in [1.807, 2.05) is 0 Å². The second-order valence-corrected chi connectivity index (χ2v) is 6.58. The van der Waals surface area contributed by atoms with Crippen molar-refractivity contribution in [3.05, 3.63) is 59.2 Å². The second-order valence-electron chi connectivity index (χ2n) is 6.58. The topological polar surface area (TPSA) is 58.5 Å². The number of aromatic nitrogens is 1. The number of nitrogens with one attached hydrogen (secondary N) is 2. The molecule has 2 N–H and O–H groups in total. The van der Waals surface area contributed by atoms with E-state index in [4.69, 9.17) is 4.74 Å². The lowest BCUT2D eigenvalue weighted by Crippen LogP contribution is -2.36. The summed E-state index contributed by atoms with van der Waals surface area (Å²) < 4.78 is 19.7. The molecule has 1 fully saturated rings. The highest BCUT2D eigenvalue weighted by molar-refractivity contribution is 14.0. The summed E-state index contributed by atoms with van der Waals surface area (Å²) in [5.41, 5.74) is 2.61. The summed E-state index contributed by atoms with van der Waals surface area (Å²) in [7, 11) is 1.68. The Hall–Kier alpha value is -1.90.